The second kappa shape index (κ2) is 5.86. The van der Waals surface area contributed by atoms with Gasteiger partial charge in [0, 0.05) is 5.69 Å². The van der Waals surface area contributed by atoms with Gasteiger partial charge in [-0.2, -0.15) is 0 Å². The number of aliphatic hydroxyl groups is 1. The van der Waals surface area contributed by atoms with Crippen LogP contribution in [0.2, 0.25) is 0 Å². The zero-order valence-corrected chi connectivity index (χ0v) is 9.47. The molecule has 0 aromatic heterocycles. The van der Waals surface area contributed by atoms with Crippen molar-refractivity contribution >= 4 is 17.7 Å². The number of anilines is 1. The molecule has 0 aliphatic heterocycles. The van der Waals surface area contributed by atoms with E-state index >= 15 is 0 Å². The minimum atomic E-state index is -1.33. The van der Waals surface area contributed by atoms with Crippen molar-refractivity contribution in [3.05, 3.63) is 29.8 Å². The van der Waals surface area contributed by atoms with Gasteiger partial charge >= 0.3 is 12.1 Å². The predicted octanol–water partition coefficient (Wildman–Crippen LogP) is 1.07. The number of nitrogens with one attached hydrogen (secondary N) is 1. The summed E-state index contributed by atoms with van der Waals surface area (Å²) in [5.41, 5.74) is 0.880. The van der Waals surface area contributed by atoms with E-state index in [2.05, 4.69) is 14.8 Å². The summed E-state index contributed by atoms with van der Waals surface area (Å²) in [6, 6.07) is 6.09. The van der Waals surface area contributed by atoms with Gasteiger partial charge in [0.1, 0.15) is 0 Å². The zero-order chi connectivity index (χ0) is 12.8. The van der Waals surface area contributed by atoms with Crippen molar-refractivity contribution in [3.8, 4) is 0 Å². The number of carbonyl (C=O) groups is 2. The third kappa shape index (κ3) is 3.46. The Morgan fingerprint density at radius 3 is 2.24 bits per heavy atom. The molecule has 0 fully saturated rings. The smallest absolute Gasteiger partial charge is 0.411 e. The molecule has 1 unspecified atom stereocenters. The number of benzene rings is 1. The van der Waals surface area contributed by atoms with Crippen LogP contribution in [0.3, 0.4) is 0 Å². The molecule has 2 N–H and O–H groups in total. The van der Waals surface area contributed by atoms with Gasteiger partial charge in [-0.05, 0) is 17.7 Å². The van der Waals surface area contributed by atoms with E-state index in [9.17, 15) is 14.7 Å². The van der Waals surface area contributed by atoms with Gasteiger partial charge in [0.25, 0.3) is 0 Å². The van der Waals surface area contributed by atoms with Crippen LogP contribution in [0.1, 0.15) is 11.7 Å². The maximum Gasteiger partial charge on any atom is 0.411 e. The van der Waals surface area contributed by atoms with Crippen LogP contribution in [-0.4, -0.2) is 31.4 Å². The minimum absolute atomic E-state index is 0.382. The van der Waals surface area contributed by atoms with Crippen molar-refractivity contribution in [2.75, 3.05) is 19.5 Å². The van der Waals surface area contributed by atoms with Gasteiger partial charge in [0.15, 0.2) is 6.10 Å². The number of hydrogen-bond acceptors (Lipinski definition) is 5. The Bertz CT molecular complexity index is 401. The molecule has 1 atom stereocenters. The number of carbonyl (C=O) groups excluding carboxylic acids is 2. The van der Waals surface area contributed by atoms with Crippen LogP contribution in [0.4, 0.5) is 10.5 Å². The quantitative estimate of drug-likeness (QED) is 0.771. The van der Waals surface area contributed by atoms with Gasteiger partial charge in [0.2, 0.25) is 0 Å². The number of methoxy groups -OCH3 is 2. The Kier molecular flexibility index (Phi) is 4.47. The maximum atomic E-state index is 11.1. The third-order valence-corrected chi connectivity index (χ3v) is 2.08. The normalized spacial score (nSPS) is 11.5. The Hall–Kier alpha value is -2.08. The summed E-state index contributed by atoms with van der Waals surface area (Å²) in [6.07, 6.45) is -1.92. The van der Waals surface area contributed by atoms with Gasteiger partial charge in [-0.1, -0.05) is 12.1 Å². The Morgan fingerprint density at radius 2 is 1.76 bits per heavy atom. The van der Waals surface area contributed by atoms with E-state index < -0.39 is 18.2 Å². The molecule has 0 aliphatic rings. The van der Waals surface area contributed by atoms with E-state index in [0.717, 1.165) is 0 Å². The van der Waals surface area contributed by atoms with Crippen LogP contribution in [0, 0.1) is 0 Å². The summed E-state index contributed by atoms with van der Waals surface area (Å²) in [4.78, 5) is 22.0. The molecule has 1 amide bonds. The van der Waals surface area contributed by atoms with Gasteiger partial charge in [0.05, 0.1) is 14.2 Å². The summed E-state index contributed by atoms with van der Waals surface area (Å²) in [6.45, 7) is 0. The second-order valence-corrected chi connectivity index (χ2v) is 3.16. The van der Waals surface area contributed by atoms with Crippen molar-refractivity contribution in [1.82, 2.24) is 0 Å². The lowest BCUT2D eigenvalue weighted by Crippen LogP contribution is -2.14. The van der Waals surface area contributed by atoms with Crippen molar-refractivity contribution in [3.63, 3.8) is 0 Å². The molecule has 0 saturated heterocycles. The SMILES string of the molecule is COC(=O)Nc1ccc(C(O)C(=O)OC)cc1. The largest absolute Gasteiger partial charge is 0.467 e. The van der Waals surface area contributed by atoms with Crippen molar-refractivity contribution < 1.29 is 24.2 Å². The van der Waals surface area contributed by atoms with E-state index in [-0.39, 0.29) is 0 Å². The lowest BCUT2D eigenvalue weighted by atomic mass is 10.1. The number of ether oxygens (including phenoxy) is 2. The fourth-order valence-corrected chi connectivity index (χ4v) is 1.17. The average molecular weight is 239 g/mol. The number of esters is 1. The van der Waals surface area contributed by atoms with Crippen LogP contribution in [-0.2, 0) is 14.3 Å². The van der Waals surface area contributed by atoms with Crippen molar-refractivity contribution in [2.45, 2.75) is 6.10 Å². The van der Waals surface area contributed by atoms with E-state index in [0.29, 0.717) is 11.3 Å². The second-order valence-electron chi connectivity index (χ2n) is 3.16. The third-order valence-electron chi connectivity index (χ3n) is 2.08. The molecule has 0 aliphatic carbocycles. The number of hydrogen-bond donors (Lipinski definition) is 2. The monoisotopic (exact) mass is 239 g/mol. The van der Waals surface area contributed by atoms with E-state index in [4.69, 9.17) is 0 Å². The van der Waals surface area contributed by atoms with Crippen molar-refractivity contribution in [1.29, 1.82) is 0 Å². The molecule has 6 heteroatoms. The average Bonchev–Trinajstić information content (AvgIpc) is 2.37. The molecule has 0 saturated carbocycles. The van der Waals surface area contributed by atoms with Crippen LogP contribution < -0.4 is 5.32 Å². The molecular formula is C11H13NO5. The fraction of sp³-hybridized carbons (Fsp3) is 0.273. The predicted molar refractivity (Wildman–Crippen MR) is 59.4 cm³/mol. The molecule has 0 radical (unpaired) electrons. The first kappa shape index (κ1) is 13.0. The summed E-state index contributed by atoms with van der Waals surface area (Å²) < 4.78 is 8.81. The van der Waals surface area contributed by atoms with Gasteiger partial charge in [-0.3, -0.25) is 5.32 Å². The Labute approximate surface area is 98.2 Å². The van der Waals surface area contributed by atoms with E-state index in [1.807, 2.05) is 0 Å². The highest BCUT2D eigenvalue weighted by molar-refractivity contribution is 5.84. The Balaban J connectivity index is 2.74. The summed E-state index contributed by atoms with van der Waals surface area (Å²) in [5, 5.41) is 12.0. The first-order chi connectivity index (χ1) is 8.08. The maximum absolute atomic E-state index is 11.1. The number of rotatable bonds is 3. The minimum Gasteiger partial charge on any atom is -0.467 e. The molecule has 0 heterocycles. The van der Waals surface area contributed by atoms with Crippen LogP contribution in [0.5, 0.6) is 0 Å². The first-order valence-electron chi connectivity index (χ1n) is 4.79. The molecule has 0 spiro atoms. The van der Waals surface area contributed by atoms with Gasteiger partial charge < -0.3 is 14.6 Å². The number of amides is 1. The molecule has 1 aromatic rings. The molecular weight excluding hydrogens is 226 g/mol. The highest BCUT2D eigenvalue weighted by Crippen LogP contribution is 2.17. The topological polar surface area (TPSA) is 84.9 Å². The summed E-state index contributed by atoms with van der Waals surface area (Å²) in [7, 11) is 2.45. The fourth-order valence-electron chi connectivity index (χ4n) is 1.17. The molecule has 6 nitrogen and oxygen atoms in total. The summed E-state index contributed by atoms with van der Waals surface area (Å²) >= 11 is 0. The molecule has 92 valence electrons. The van der Waals surface area contributed by atoms with Crippen LogP contribution in [0.25, 0.3) is 0 Å². The van der Waals surface area contributed by atoms with E-state index in [1.54, 1.807) is 12.1 Å². The lowest BCUT2D eigenvalue weighted by molar-refractivity contribution is -0.150. The van der Waals surface area contributed by atoms with Crippen LogP contribution >= 0.6 is 0 Å². The molecule has 1 aromatic carbocycles. The van der Waals surface area contributed by atoms with Crippen LogP contribution in [0.15, 0.2) is 24.3 Å². The molecule has 17 heavy (non-hydrogen) atoms. The first-order valence-corrected chi connectivity index (χ1v) is 4.79. The van der Waals surface area contributed by atoms with Gasteiger partial charge in [-0.15, -0.1) is 0 Å². The Morgan fingerprint density at radius 1 is 1.18 bits per heavy atom. The molecule has 1 rings (SSSR count). The number of aliphatic hydroxyl groups excluding tert-OH is 1. The summed E-state index contributed by atoms with van der Waals surface area (Å²) in [5.74, 6) is -0.737. The molecule has 0 bridgehead atoms. The zero-order valence-electron chi connectivity index (χ0n) is 9.47. The van der Waals surface area contributed by atoms with E-state index in [1.165, 1.54) is 26.4 Å². The highest BCUT2D eigenvalue weighted by Gasteiger charge is 2.17. The lowest BCUT2D eigenvalue weighted by Gasteiger charge is -2.09. The van der Waals surface area contributed by atoms with Crippen molar-refractivity contribution in [2.24, 2.45) is 0 Å². The van der Waals surface area contributed by atoms with Gasteiger partial charge in [-0.25, -0.2) is 9.59 Å². The highest BCUT2D eigenvalue weighted by atomic mass is 16.5. The standard InChI is InChI=1S/C11H13NO5/c1-16-10(14)9(13)7-3-5-8(6-4-7)12-11(15)17-2/h3-6,9,13H,1-2H3,(H,12,15).